The average molecular weight is 699 g/mol. The Hall–Kier alpha value is -7.16. The van der Waals surface area contributed by atoms with E-state index in [0.717, 1.165) is 48.7 Å². The van der Waals surface area contributed by atoms with Gasteiger partial charge in [-0.2, -0.15) is 0 Å². The van der Waals surface area contributed by atoms with E-state index < -0.39 is 54.4 Å². The van der Waals surface area contributed by atoms with E-state index in [1.165, 1.54) is 4.90 Å². The molecular formula is C52H33NO. The van der Waals surface area contributed by atoms with Gasteiger partial charge < -0.3 is 9.32 Å². The molecule has 0 N–H and O–H groups in total. The van der Waals surface area contributed by atoms with Crippen molar-refractivity contribution in [2.24, 2.45) is 0 Å². The third-order valence-corrected chi connectivity index (χ3v) is 10.2. The van der Waals surface area contributed by atoms with Crippen LogP contribution >= 0.6 is 0 Å². The van der Waals surface area contributed by atoms with Gasteiger partial charge in [0.1, 0.15) is 11.2 Å². The van der Waals surface area contributed by atoms with Gasteiger partial charge in [0.15, 0.2) is 0 Å². The van der Waals surface area contributed by atoms with Crippen LogP contribution in [0, 0.1) is 0 Å². The van der Waals surface area contributed by atoms with Gasteiger partial charge in [0.2, 0.25) is 0 Å². The SMILES string of the molecule is [2H]c1c([2H])c(N(c2cccc(-c3cccc4oc5c6ccccc6ccc5c34)c2)c2c([2H])c([2H])c([2H])c3c([2H])c([2H])c([2H])c([2H])c23)c([2H])c([2H])c1-c1ccc2c(ccc3ccccc32)c1. The predicted octanol–water partition coefficient (Wildman–Crippen LogP) is 15.0. The normalized spacial score (nSPS) is 14.6. The van der Waals surface area contributed by atoms with Gasteiger partial charge in [-0.3, -0.25) is 0 Å². The number of hydrogen-bond acceptors (Lipinski definition) is 2. The molecule has 11 aromatic rings. The summed E-state index contributed by atoms with van der Waals surface area (Å²) in [6.45, 7) is 0. The minimum Gasteiger partial charge on any atom is -0.455 e. The van der Waals surface area contributed by atoms with Gasteiger partial charge in [-0.15, -0.1) is 0 Å². The van der Waals surface area contributed by atoms with Crippen LogP contribution < -0.4 is 4.90 Å². The molecule has 0 aliphatic rings. The molecule has 1 aromatic heterocycles. The third-order valence-electron chi connectivity index (χ3n) is 10.2. The van der Waals surface area contributed by atoms with Gasteiger partial charge in [0.25, 0.3) is 0 Å². The number of furan rings is 1. The monoisotopic (exact) mass is 698 g/mol. The van der Waals surface area contributed by atoms with E-state index >= 15 is 0 Å². The van der Waals surface area contributed by atoms with Crippen LogP contribution in [0.5, 0.6) is 0 Å². The van der Waals surface area contributed by atoms with Gasteiger partial charge in [0.05, 0.1) is 20.8 Å². The first kappa shape index (κ1) is 21.4. The fraction of sp³-hybridized carbons (Fsp3) is 0. The smallest absolute Gasteiger partial charge is 0.143 e. The highest BCUT2D eigenvalue weighted by atomic mass is 16.3. The van der Waals surface area contributed by atoms with E-state index in [9.17, 15) is 6.85 Å². The zero-order valence-electron chi connectivity index (χ0n) is 39.6. The molecule has 54 heavy (non-hydrogen) atoms. The maximum atomic E-state index is 9.69. The number of fused-ring (bicyclic) bond motifs is 9. The molecule has 11 rings (SSSR count). The van der Waals surface area contributed by atoms with E-state index in [1.807, 2.05) is 109 Å². The first-order valence-electron chi connectivity index (χ1n) is 23.1. The minimum absolute atomic E-state index is 0.0408. The summed E-state index contributed by atoms with van der Waals surface area (Å²) in [5.41, 5.74) is 2.84. The van der Waals surface area contributed by atoms with Crippen LogP contribution in [0.3, 0.4) is 0 Å². The van der Waals surface area contributed by atoms with Crippen molar-refractivity contribution in [1.82, 2.24) is 0 Å². The highest BCUT2D eigenvalue weighted by Crippen LogP contribution is 2.44. The lowest BCUT2D eigenvalue weighted by Crippen LogP contribution is -2.10. The molecule has 0 bridgehead atoms. The summed E-state index contributed by atoms with van der Waals surface area (Å²) in [4.78, 5) is 1.28. The second-order valence-corrected chi connectivity index (χ2v) is 13.2. The lowest BCUT2D eigenvalue weighted by atomic mass is 9.97. The van der Waals surface area contributed by atoms with Gasteiger partial charge in [-0.05, 0) is 103 Å². The molecule has 0 fully saturated rings. The van der Waals surface area contributed by atoms with Crippen molar-refractivity contribution in [2.45, 2.75) is 0 Å². The molecular weight excluding hydrogens is 655 g/mol. The van der Waals surface area contributed by atoms with Crippen molar-refractivity contribution in [3.8, 4) is 22.3 Å². The predicted molar refractivity (Wildman–Crippen MR) is 229 cm³/mol. The van der Waals surface area contributed by atoms with Crippen LogP contribution in [0.4, 0.5) is 17.1 Å². The summed E-state index contributed by atoms with van der Waals surface area (Å²) in [7, 11) is 0. The maximum Gasteiger partial charge on any atom is 0.143 e. The highest BCUT2D eigenvalue weighted by molar-refractivity contribution is 6.19. The second kappa shape index (κ2) is 12.2. The standard InChI is InChI=1S/C52H33NO/c1-4-16-43-36(11-1)22-23-40-32-38(27-30-44(40)43)34-24-28-41(29-25-34)53(49-20-8-13-35-10-2-5-17-45(35)49)42-15-7-14-39(33-42)46-19-9-21-50-51(46)48-31-26-37-12-3-6-18-47(37)52(48)54-50/h1-33H/i2D,5D,8D,10D,13D,17D,20D,24D,25D,28D,29D. The molecule has 0 amide bonds. The largest absolute Gasteiger partial charge is 0.455 e. The van der Waals surface area contributed by atoms with Gasteiger partial charge >= 0.3 is 0 Å². The first-order chi connectivity index (χ1) is 31.3. The Kier molecular flexibility index (Phi) is 4.84. The molecule has 0 spiro atoms. The Morgan fingerprint density at radius 3 is 2.04 bits per heavy atom. The number of benzene rings is 10. The fourth-order valence-electron chi connectivity index (χ4n) is 7.67. The molecule has 252 valence electrons. The number of hydrogen-bond donors (Lipinski definition) is 0. The summed E-state index contributed by atoms with van der Waals surface area (Å²) < 4.78 is 107. The Bertz CT molecular complexity index is 3840. The molecule has 0 saturated heterocycles. The maximum absolute atomic E-state index is 9.69. The average Bonchev–Trinajstić information content (AvgIpc) is 3.72. The van der Waals surface area contributed by atoms with Crippen LogP contribution in [0.2, 0.25) is 0 Å². The molecule has 2 heteroatoms. The van der Waals surface area contributed by atoms with Gasteiger partial charge in [0, 0.05) is 32.9 Å². The molecule has 0 atom stereocenters. The van der Waals surface area contributed by atoms with Crippen molar-refractivity contribution in [1.29, 1.82) is 0 Å². The van der Waals surface area contributed by atoms with Crippen molar-refractivity contribution >= 4 is 82.1 Å². The minimum atomic E-state index is -0.642. The Labute approximate surface area is 328 Å². The zero-order chi connectivity index (χ0) is 45.2. The van der Waals surface area contributed by atoms with Crippen LogP contribution in [0.1, 0.15) is 15.1 Å². The van der Waals surface area contributed by atoms with E-state index in [0.29, 0.717) is 22.3 Å². The summed E-state index contributed by atoms with van der Waals surface area (Å²) in [5, 5.41) is 6.94. The number of rotatable bonds is 5. The van der Waals surface area contributed by atoms with Crippen LogP contribution in [0.15, 0.2) is 204 Å². The van der Waals surface area contributed by atoms with E-state index in [2.05, 4.69) is 0 Å². The van der Waals surface area contributed by atoms with Crippen molar-refractivity contribution in [2.75, 3.05) is 4.90 Å². The summed E-state index contributed by atoms with van der Waals surface area (Å²) in [6, 6.07) is 36.1. The molecule has 0 unspecified atom stereocenters. The highest BCUT2D eigenvalue weighted by Gasteiger charge is 2.19. The quantitative estimate of drug-likeness (QED) is 0.166. The van der Waals surface area contributed by atoms with E-state index in [1.54, 1.807) is 24.3 Å². The second-order valence-electron chi connectivity index (χ2n) is 13.2. The molecule has 0 radical (unpaired) electrons. The molecule has 10 aromatic carbocycles. The van der Waals surface area contributed by atoms with Crippen LogP contribution in [-0.4, -0.2) is 0 Å². The molecule has 0 saturated carbocycles. The van der Waals surface area contributed by atoms with Crippen molar-refractivity contribution in [3.05, 3.63) is 200 Å². The molecule has 1 heterocycles. The van der Waals surface area contributed by atoms with Gasteiger partial charge in [-0.1, -0.05) is 151 Å². The zero-order valence-corrected chi connectivity index (χ0v) is 28.6. The molecule has 2 nitrogen and oxygen atoms in total. The number of nitrogens with zero attached hydrogens (tertiary/aromatic N) is 1. The van der Waals surface area contributed by atoms with Crippen LogP contribution in [0.25, 0.3) is 87.3 Å². The Morgan fingerprint density at radius 1 is 0.407 bits per heavy atom. The number of anilines is 3. The summed E-state index contributed by atoms with van der Waals surface area (Å²) in [6.07, 6.45) is 0. The summed E-state index contributed by atoms with van der Waals surface area (Å²) in [5.74, 6) is 0. The lowest BCUT2D eigenvalue weighted by Gasteiger charge is -2.27. The molecule has 0 aliphatic heterocycles. The summed E-state index contributed by atoms with van der Waals surface area (Å²) >= 11 is 0. The molecule has 0 aliphatic carbocycles. The topological polar surface area (TPSA) is 16.4 Å². The van der Waals surface area contributed by atoms with E-state index in [4.69, 9.17) is 12.6 Å². The third kappa shape index (κ3) is 4.88. The van der Waals surface area contributed by atoms with Crippen molar-refractivity contribution in [3.63, 3.8) is 0 Å². The lowest BCUT2D eigenvalue weighted by molar-refractivity contribution is 0.673. The fourth-order valence-corrected chi connectivity index (χ4v) is 7.67. The van der Waals surface area contributed by atoms with Gasteiger partial charge in [-0.25, -0.2) is 0 Å². The Morgan fingerprint density at radius 2 is 1.13 bits per heavy atom. The first-order valence-corrected chi connectivity index (χ1v) is 17.6. The van der Waals surface area contributed by atoms with Crippen molar-refractivity contribution < 1.29 is 19.5 Å². The van der Waals surface area contributed by atoms with Crippen LogP contribution in [-0.2, 0) is 0 Å². The Balaban J connectivity index is 1.20. The van der Waals surface area contributed by atoms with E-state index in [-0.39, 0.29) is 45.5 Å².